The molecule has 14 heteroatoms. The highest BCUT2D eigenvalue weighted by Gasteiger charge is 2.26. The van der Waals surface area contributed by atoms with E-state index in [4.69, 9.17) is 35.0 Å². The topological polar surface area (TPSA) is 146 Å². The monoisotopic (exact) mass is 611 g/mol. The molecule has 0 unspecified atom stereocenters. The molecule has 0 atom stereocenters. The summed E-state index contributed by atoms with van der Waals surface area (Å²) in [6, 6.07) is 8.43. The van der Waals surface area contributed by atoms with Gasteiger partial charge in [0.2, 0.25) is 5.69 Å². The molecular formula is C28H29F2N4O6Si2+2. The van der Waals surface area contributed by atoms with Gasteiger partial charge in [0, 0.05) is 60.9 Å². The molecule has 0 saturated carbocycles. The van der Waals surface area contributed by atoms with E-state index in [0.29, 0.717) is 37.1 Å². The van der Waals surface area contributed by atoms with E-state index in [0.717, 1.165) is 0 Å². The Labute approximate surface area is 244 Å². The quantitative estimate of drug-likeness (QED) is 0.0860. The Kier molecular flexibility index (Phi) is 11.9. The Morgan fingerprint density at radius 3 is 1.88 bits per heavy atom. The average molecular weight is 612 g/mol. The number of benzene rings is 1. The molecule has 1 radical (unpaired) electrons. The van der Waals surface area contributed by atoms with Crippen LogP contribution in [-0.4, -0.2) is 48.9 Å². The van der Waals surface area contributed by atoms with Crippen molar-refractivity contribution in [1.29, 1.82) is 5.26 Å². The minimum atomic E-state index is -4.09. The number of pyridine rings is 2. The molecule has 3 rings (SSSR count). The molecule has 0 aliphatic carbocycles. The van der Waals surface area contributed by atoms with Crippen LogP contribution in [0.4, 0.5) is 14.5 Å². The Bertz CT molecular complexity index is 1510. The average Bonchev–Trinajstić information content (AvgIpc) is 2.95. The lowest BCUT2D eigenvalue weighted by molar-refractivity contribution is -0.697. The third-order valence-electron chi connectivity index (χ3n) is 6.09. The largest absolute Gasteiger partial charge is 0.571 e. The summed E-state index contributed by atoms with van der Waals surface area (Å²) in [5, 5.41) is 9.64. The summed E-state index contributed by atoms with van der Waals surface area (Å²) < 4.78 is 39.2. The standard InChI is InChI=1S/C28H29F2N4O6Si2/c1-32-28-24(7-5-22-8-14-33(15-9-22)12-2-18-40-41(35)36)26(29)25(20-31)23(27(28)30)6-4-21-10-16-34(17-11-21)13-3-19-42(37,38)39/h4-11,14-17,35-39H,2-3,12-13,18-19H2/q+2/b6-4+,7-5+. The summed E-state index contributed by atoms with van der Waals surface area (Å²) in [5.74, 6) is -2.03. The minimum absolute atomic E-state index is 0.0972. The Balaban J connectivity index is 1.78. The van der Waals surface area contributed by atoms with Gasteiger partial charge in [0.05, 0.1) is 12.1 Å². The Hall–Kier alpha value is -3.97. The smallest absolute Gasteiger partial charge is 0.390 e. The van der Waals surface area contributed by atoms with Gasteiger partial charge in [-0.3, -0.25) is 0 Å². The summed E-state index contributed by atoms with van der Waals surface area (Å²) >= 11 is 0. The first-order valence-corrected chi connectivity index (χ1v) is 16.1. The maximum absolute atomic E-state index is 15.4. The molecule has 0 amide bonds. The highest BCUT2D eigenvalue weighted by Crippen LogP contribution is 2.34. The molecule has 0 aliphatic heterocycles. The van der Waals surface area contributed by atoms with E-state index in [1.54, 1.807) is 59.7 Å². The SMILES string of the molecule is [C-]#[N+]c1c(F)c(/C=C/c2cc[n+](CCC[Si](O)(O)O)cc2)c(C#N)c(F)c1/C=C/c1cc[n+](CCCO[Si](O)O)cc1. The van der Waals surface area contributed by atoms with Crippen molar-refractivity contribution in [2.24, 2.45) is 0 Å². The van der Waals surface area contributed by atoms with E-state index in [1.807, 2.05) is 4.57 Å². The number of nitriles is 1. The normalized spacial score (nSPS) is 11.9. The first-order valence-electron chi connectivity index (χ1n) is 12.7. The lowest BCUT2D eigenvalue weighted by atomic mass is 9.98. The lowest BCUT2D eigenvalue weighted by Crippen LogP contribution is -2.38. The van der Waals surface area contributed by atoms with Crippen molar-refractivity contribution in [3.05, 3.63) is 99.9 Å². The first-order chi connectivity index (χ1) is 20.0. The van der Waals surface area contributed by atoms with E-state index in [9.17, 15) is 5.26 Å². The second-order valence-corrected chi connectivity index (χ2v) is 12.1. The number of hydrogen-bond donors (Lipinski definition) is 5. The zero-order valence-corrected chi connectivity index (χ0v) is 24.4. The van der Waals surface area contributed by atoms with Crippen LogP contribution in [0.2, 0.25) is 6.04 Å². The van der Waals surface area contributed by atoms with Gasteiger partial charge in [0.25, 0.3) is 0 Å². The van der Waals surface area contributed by atoms with Gasteiger partial charge in [-0.05, 0) is 11.1 Å². The van der Waals surface area contributed by atoms with Crippen molar-refractivity contribution in [3.8, 4) is 6.07 Å². The molecule has 10 nitrogen and oxygen atoms in total. The van der Waals surface area contributed by atoms with Gasteiger partial charge in [0.15, 0.2) is 31.3 Å². The predicted molar refractivity (Wildman–Crippen MR) is 151 cm³/mol. The molecule has 0 aliphatic rings. The van der Waals surface area contributed by atoms with Gasteiger partial charge in [-0.15, -0.1) is 0 Å². The molecule has 217 valence electrons. The van der Waals surface area contributed by atoms with Crippen LogP contribution < -0.4 is 9.13 Å². The maximum atomic E-state index is 15.4. The second-order valence-electron chi connectivity index (χ2n) is 9.17. The number of halogens is 2. The molecule has 5 N–H and O–H groups in total. The van der Waals surface area contributed by atoms with Crippen molar-refractivity contribution < 1.29 is 46.3 Å². The number of rotatable bonds is 13. The van der Waals surface area contributed by atoms with Gasteiger partial charge in [-0.2, -0.15) is 5.26 Å². The summed E-state index contributed by atoms with van der Waals surface area (Å²) in [6.07, 6.45) is 13.3. The third kappa shape index (κ3) is 9.56. The van der Waals surface area contributed by atoms with Gasteiger partial charge in [-0.25, -0.2) is 22.8 Å². The summed E-state index contributed by atoms with van der Waals surface area (Å²) in [5.41, 5.74) is -0.509. The molecule has 2 aromatic heterocycles. The lowest BCUT2D eigenvalue weighted by Gasteiger charge is -2.09. The van der Waals surface area contributed by atoms with Crippen LogP contribution in [0.1, 0.15) is 40.7 Å². The van der Waals surface area contributed by atoms with Gasteiger partial charge >= 0.3 is 18.3 Å². The van der Waals surface area contributed by atoms with E-state index in [2.05, 4.69) is 4.85 Å². The minimum Gasteiger partial charge on any atom is -0.390 e. The molecule has 0 fully saturated rings. The zero-order chi connectivity index (χ0) is 30.7. The fourth-order valence-electron chi connectivity index (χ4n) is 3.97. The van der Waals surface area contributed by atoms with Gasteiger partial charge in [0.1, 0.15) is 24.2 Å². The maximum Gasteiger partial charge on any atom is 0.571 e. The molecule has 0 bridgehead atoms. The first kappa shape index (κ1) is 32.5. The van der Waals surface area contributed by atoms with E-state index in [-0.39, 0.29) is 23.8 Å². The Morgan fingerprint density at radius 2 is 1.40 bits per heavy atom. The van der Waals surface area contributed by atoms with Crippen molar-refractivity contribution in [1.82, 2.24) is 0 Å². The molecule has 0 spiro atoms. The van der Waals surface area contributed by atoms with Crippen molar-refractivity contribution >= 4 is 48.3 Å². The van der Waals surface area contributed by atoms with Crippen molar-refractivity contribution in [2.45, 2.75) is 32.0 Å². The van der Waals surface area contributed by atoms with Crippen LogP contribution in [0.25, 0.3) is 29.1 Å². The highest BCUT2D eigenvalue weighted by molar-refractivity contribution is 6.56. The fraction of sp³-hybridized carbons (Fsp3) is 0.214. The summed E-state index contributed by atoms with van der Waals surface area (Å²) in [4.78, 5) is 48.1. The molecule has 0 saturated heterocycles. The van der Waals surface area contributed by atoms with Crippen LogP contribution in [-0.2, 0) is 17.5 Å². The number of aromatic nitrogens is 2. The second kappa shape index (κ2) is 15.3. The summed E-state index contributed by atoms with van der Waals surface area (Å²) in [7, 11) is -6.80. The van der Waals surface area contributed by atoms with E-state index in [1.165, 1.54) is 24.3 Å². The zero-order valence-electron chi connectivity index (χ0n) is 22.4. The van der Waals surface area contributed by atoms with Crippen LogP contribution >= 0.6 is 0 Å². The molecule has 2 heterocycles. The van der Waals surface area contributed by atoms with Crippen LogP contribution in [0, 0.1) is 29.5 Å². The third-order valence-corrected chi connectivity index (χ3v) is 7.57. The predicted octanol–water partition coefficient (Wildman–Crippen LogP) is 1.99. The fourth-order valence-corrected chi connectivity index (χ4v) is 4.93. The van der Waals surface area contributed by atoms with E-state index >= 15 is 8.78 Å². The molecule has 3 aromatic rings. The number of hydrogen-bond acceptors (Lipinski definition) is 7. The number of nitrogens with zero attached hydrogens (tertiary/aromatic N) is 4. The van der Waals surface area contributed by atoms with Gasteiger partial charge in [-0.1, -0.05) is 24.3 Å². The van der Waals surface area contributed by atoms with Crippen molar-refractivity contribution in [3.63, 3.8) is 0 Å². The number of aryl methyl sites for hydroxylation is 2. The Morgan fingerprint density at radius 1 is 0.881 bits per heavy atom. The molecular weight excluding hydrogens is 582 g/mol. The van der Waals surface area contributed by atoms with Gasteiger partial charge < -0.3 is 28.4 Å². The van der Waals surface area contributed by atoms with Crippen LogP contribution in [0.3, 0.4) is 0 Å². The summed E-state index contributed by atoms with van der Waals surface area (Å²) in [6.45, 7) is 8.65. The van der Waals surface area contributed by atoms with Crippen LogP contribution in [0.5, 0.6) is 0 Å². The van der Waals surface area contributed by atoms with Crippen molar-refractivity contribution in [2.75, 3.05) is 6.61 Å². The molecule has 1 aromatic carbocycles. The highest BCUT2D eigenvalue weighted by atomic mass is 28.4. The van der Waals surface area contributed by atoms with Crippen LogP contribution in [0.15, 0.2) is 49.1 Å². The molecule has 42 heavy (non-hydrogen) atoms. The van der Waals surface area contributed by atoms with E-state index < -0.39 is 41.2 Å².